The predicted octanol–water partition coefficient (Wildman–Crippen LogP) is 5.94. The largest absolute Gasteiger partial charge is 0.193 e. The molecular weight excluding hydrogens is 278 g/mol. The summed E-state index contributed by atoms with van der Waals surface area (Å²) in [5, 5.41) is 8.73. The zero-order valence-electron chi connectivity index (χ0n) is 14.2. The molecule has 0 amide bonds. The number of allylic oxidation sites excluding steroid dienone is 6. The van der Waals surface area contributed by atoms with Crippen LogP contribution in [0.5, 0.6) is 0 Å². The Bertz CT molecular complexity index is 708. The van der Waals surface area contributed by atoms with E-state index in [-0.39, 0.29) is 0 Å². The van der Waals surface area contributed by atoms with Crippen LogP contribution in [0.1, 0.15) is 49.8 Å². The first-order valence-corrected chi connectivity index (χ1v) is 8.28. The highest BCUT2D eigenvalue weighted by molar-refractivity contribution is 5.62. The molecule has 1 aromatic carbocycles. The van der Waals surface area contributed by atoms with Gasteiger partial charge in [0.25, 0.3) is 0 Å². The van der Waals surface area contributed by atoms with Crippen LogP contribution in [-0.4, -0.2) is 0 Å². The summed E-state index contributed by atoms with van der Waals surface area (Å²) in [5.41, 5.74) is 7.52. The average molecular weight is 303 g/mol. The topological polar surface area (TPSA) is 23.8 Å². The van der Waals surface area contributed by atoms with Crippen molar-refractivity contribution in [3.63, 3.8) is 0 Å². The maximum atomic E-state index is 8.73. The molecule has 1 aromatic rings. The first kappa shape index (κ1) is 17.0. The van der Waals surface area contributed by atoms with Gasteiger partial charge in [0.05, 0.1) is 6.07 Å². The van der Waals surface area contributed by atoms with Crippen molar-refractivity contribution in [2.45, 2.75) is 46.0 Å². The van der Waals surface area contributed by atoms with Crippen LogP contribution in [0.25, 0.3) is 6.08 Å². The van der Waals surface area contributed by atoms with Gasteiger partial charge in [-0.25, -0.2) is 0 Å². The molecule has 0 radical (unpaired) electrons. The van der Waals surface area contributed by atoms with E-state index >= 15 is 0 Å². The van der Waals surface area contributed by atoms with E-state index in [2.05, 4.69) is 56.0 Å². The number of fused-ring (bicyclic) bond motifs is 1. The van der Waals surface area contributed by atoms with Crippen LogP contribution in [0.4, 0.5) is 0 Å². The third-order valence-corrected chi connectivity index (χ3v) is 4.21. The minimum absolute atomic E-state index is 0.808. The fraction of sp³-hybridized carbons (Fsp3) is 0.318. The lowest BCUT2D eigenvalue weighted by atomic mass is 9.92. The fourth-order valence-electron chi connectivity index (χ4n) is 2.79. The molecule has 0 saturated heterocycles. The number of aryl methyl sites for hydroxylation is 1. The molecular formula is C22H25N. The minimum Gasteiger partial charge on any atom is -0.193 e. The van der Waals surface area contributed by atoms with E-state index in [1.807, 2.05) is 13.0 Å². The van der Waals surface area contributed by atoms with Gasteiger partial charge >= 0.3 is 0 Å². The zero-order valence-corrected chi connectivity index (χ0v) is 14.2. The molecule has 1 heteroatoms. The maximum absolute atomic E-state index is 8.73. The average Bonchev–Trinajstić information content (AvgIpc) is 2.54. The van der Waals surface area contributed by atoms with E-state index < -0.39 is 0 Å². The fourth-order valence-corrected chi connectivity index (χ4v) is 2.79. The van der Waals surface area contributed by atoms with Crippen molar-refractivity contribution in [1.29, 1.82) is 5.26 Å². The van der Waals surface area contributed by atoms with Gasteiger partial charge in [-0.15, -0.1) is 0 Å². The monoisotopic (exact) mass is 303 g/mol. The molecule has 0 heterocycles. The van der Waals surface area contributed by atoms with Crippen LogP contribution in [-0.2, 0) is 12.8 Å². The summed E-state index contributed by atoms with van der Waals surface area (Å²) >= 11 is 0. The van der Waals surface area contributed by atoms with Gasteiger partial charge < -0.3 is 0 Å². The molecule has 118 valence electrons. The summed E-state index contributed by atoms with van der Waals surface area (Å²) in [5.74, 6) is 0. The number of hydrogen-bond donors (Lipinski definition) is 0. The van der Waals surface area contributed by atoms with Crippen LogP contribution in [0.15, 0.2) is 59.7 Å². The Labute approximate surface area is 140 Å². The van der Waals surface area contributed by atoms with Crippen molar-refractivity contribution in [3.05, 3.63) is 76.4 Å². The molecule has 1 nitrogen and oxygen atoms in total. The van der Waals surface area contributed by atoms with Gasteiger partial charge in [0.1, 0.15) is 0 Å². The molecule has 23 heavy (non-hydrogen) atoms. The van der Waals surface area contributed by atoms with E-state index in [1.54, 1.807) is 0 Å². The normalized spacial score (nSPS) is 14.6. The van der Waals surface area contributed by atoms with Gasteiger partial charge in [-0.3, -0.25) is 0 Å². The van der Waals surface area contributed by atoms with Gasteiger partial charge in [0.2, 0.25) is 0 Å². The zero-order chi connectivity index (χ0) is 16.7. The van der Waals surface area contributed by atoms with E-state index in [0.717, 1.165) is 37.7 Å². The van der Waals surface area contributed by atoms with E-state index in [4.69, 9.17) is 5.26 Å². The van der Waals surface area contributed by atoms with E-state index in [0.29, 0.717) is 0 Å². The van der Waals surface area contributed by atoms with E-state index in [1.165, 1.54) is 27.8 Å². The molecule has 0 aromatic heterocycles. The minimum atomic E-state index is 0.808. The van der Waals surface area contributed by atoms with Crippen molar-refractivity contribution >= 4 is 6.08 Å². The number of benzene rings is 1. The van der Waals surface area contributed by atoms with Crippen molar-refractivity contribution in [2.75, 3.05) is 0 Å². The van der Waals surface area contributed by atoms with Crippen LogP contribution in [0.3, 0.4) is 0 Å². The molecule has 0 atom stereocenters. The number of hydrogen-bond acceptors (Lipinski definition) is 1. The highest BCUT2D eigenvalue weighted by Crippen LogP contribution is 2.23. The Hall–Kier alpha value is -2.33. The van der Waals surface area contributed by atoms with Crippen molar-refractivity contribution in [1.82, 2.24) is 0 Å². The standard InChI is InChI=1S/C22H25N/c1-17(6-4-8-19(3)16-23)7-5-9-20-11-13-21-12-10-18(2)14-22(21)15-20/h7-8,10-13,15H,2,4-6,9,14H2,1,3H3/b17-7+,19-8-. The third kappa shape index (κ3) is 5.42. The SMILES string of the molecule is C=C1C=Cc2ccc(CC/C=C(\C)CC/C=C(/C)C#N)cc2C1. The molecule has 0 N–H and O–H groups in total. The van der Waals surface area contributed by atoms with Crippen molar-refractivity contribution < 1.29 is 0 Å². The van der Waals surface area contributed by atoms with Gasteiger partial charge in [-0.05, 0) is 62.6 Å². The second kappa shape index (κ2) is 8.34. The highest BCUT2D eigenvalue weighted by atomic mass is 14.2. The summed E-state index contributed by atoms with van der Waals surface area (Å²) in [4.78, 5) is 0. The smallest absolute Gasteiger partial charge is 0.0940 e. The first-order valence-electron chi connectivity index (χ1n) is 8.28. The van der Waals surface area contributed by atoms with Gasteiger partial charge in [-0.1, -0.05) is 60.2 Å². The van der Waals surface area contributed by atoms with Gasteiger partial charge in [0.15, 0.2) is 0 Å². The lowest BCUT2D eigenvalue weighted by Crippen LogP contribution is -1.98. The summed E-state index contributed by atoms with van der Waals surface area (Å²) in [7, 11) is 0. The van der Waals surface area contributed by atoms with Crippen LogP contribution < -0.4 is 0 Å². The molecule has 0 saturated carbocycles. The van der Waals surface area contributed by atoms with Crippen molar-refractivity contribution in [3.8, 4) is 6.07 Å². The number of nitrogens with zero attached hydrogens (tertiary/aromatic N) is 1. The Kier molecular flexibility index (Phi) is 6.18. The first-order chi connectivity index (χ1) is 11.1. The number of nitriles is 1. The van der Waals surface area contributed by atoms with Crippen LogP contribution >= 0.6 is 0 Å². The Morgan fingerprint density at radius 1 is 1.22 bits per heavy atom. The highest BCUT2D eigenvalue weighted by Gasteiger charge is 2.07. The third-order valence-electron chi connectivity index (χ3n) is 4.21. The Morgan fingerprint density at radius 2 is 2.04 bits per heavy atom. The van der Waals surface area contributed by atoms with Crippen LogP contribution in [0.2, 0.25) is 0 Å². The van der Waals surface area contributed by atoms with E-state index in [9.17, 15) is 0 Å². The summed E-state index contributed by atoms with van der Waals surface area (Å²) in [6.45, 7) is 8.09. The molecule has 1 aliphatic rings. The van der Waals surface area contributed by atoms with Gasteiger partial charge in [-0.2, -0.15) is 5.26 Å². The predicted molar refractivity (Wildman–Crippen MR) is 99.0 cm³/mol. The summed E-state index contributed by atoms with van der Waals surface area (Å²) in [6, 6.07) is 8.95. The Balaban J connectivity index is 1.86. The molecule has 0 unspecified atom stereocenters. The Morgan fingerprint density at radius 3 is 2.83 bits per heavy atom. The lowest BCUT2D eigenvalue weighted by molar-refractivity contribution is 0.926. The van der Waals surface area contributed by atoms with Crippen molar-refractivity contribution in [2.24, 2.45) is 0 Å². The quantitative estimate of drug-likeness (QED) is 0.471. The number of rotatable bonds is 6. The molecule has 0 spiro atoms. The molecule has 0 aliphatic heterocycles. The summed E-state index contributed by atoms with van der Waals surface area (Å²) in [6.07, 6.45) is 13.7. The molecule has 1 aliphatic carbocycles. The molecule has 2 rings (SSSR count). The lowest BCUT2D eigenvalue weighted by Gasteiger charge is -2.13. The second-order valence-corrected chi connectivity index (χ2v) is 6.33. The van der Waals surface area contributed by atoms with Crippen LogP contribution in [0, 0.1) is 11.3 Å². The maximum Gasteiger partial charge on any atom is 0.0940 e. The molecule has 0 fully saturated rings. The second-order valence-electron chi connectivity index (χ2n) is 6.33. The molecule has 0 bridgehead atoms. The van der Waals surface area contributed by atoms with Gasteiger partial charge in [0, 0.05) is 5.57 Å². The summed E-state index contributed by atoms with van der Waals surface area (Å²) < 4.78 is 0.